The standard InChI is InChI=1S/C15H19ClO4S/c1-10-7-13(8-14(11(10)2)21(16,18)19)15(17)20-9-12-5-3-4-6-12/h7-8,12H,3-6,9H2,1-2H3. The smallest absolute Gasteiger partial charge is 0.338 e. The molecule has 0 radical (unpaired) electrons. The average molecular weight is 331 g/mol. The first-order valence-electron chi connectivity index (χ1n) is 7.02. The average Bonchev–Trinajstić information content (AvgIpc) is 2.90. The van der Waals surface area contributed by atoms with Gasteiger partial charge in [0.15, 0.2) is 0 Å². The van der Waals surface area contributed by atoms with Crippen molar-refractivity contribution in [1.29, 1.82) is 0 Å². The number of carbonyl (C=O) groups is 1. The van der Waals surface area contributed by atoms with Crippen LogP contribution in [-0.2, 0) is 13.8 Å². The minimum Gasteiger partial charge on any atom is -0.462 e. The molecule has 4 nitrogen and oxygen atoms in total. The molecule has 0 spiro atoms. The quantitative estimate of drug-likeness (QED) is 0.625. The monoisotopic (exact) mass is 330 g/mol. The van der Waals surface area contributed by atoms with Crippen LogP contribution in [0.3, 0.4) is 0 Å². The van der Waals surface area contributed by atoms with E-state index in [9.17, 15) is 13.2 Å². The third kappa shape index (κ3) is 3.98. The molecule has 1 fully saturated rings. The van der Waals surface area contributed by atoms with Gasteiger partial charge in [0, 0.05) is 10.7 Å². The third-order valence-corrected chi connectivity index (χ3v) is 5.49. The molecular weight excluding hydrogens is 312 g/mol. The van der Waals surface area contributed by atoms with Gasteiger partial charge in [0.2, 0.25) is 0 Å². The van der Waals surface area contributed by atoms with Gasteiger partial charge in [-0.1, -0.05) is 12.8 Å². The van der Waals surface area contributed by atoms with Crippen molar-refractivity contribution in [3.8, 4) is 0 Å². The van der Waals surface area contributed by atoms with E-state index in [0.29, 0.717) is 23.7 Å². The van der Waals surface area contributed by atoms with Crippen LogP contribution < -0.4 is 0 Å². The van der Waals surface area contributed by atoms with E-state index < -0.39 is 15.0 Å². The van der Waals surface area contributed by atoms with Crippen LogP contribution in [0, 0.1) is 19.8 Å². The van der Waals surface area contributed by atoms with Crippen LogP contribution in [0.1, 0.15) is 47.2 Å². The SMILES string of the molecule is Cc1cc(C(=O)OCC2CCCC2)cc(S(=O)(=O)Cl)c1C. The van der Waals surface area contributed by atoms with Crippen LogP contribution >= 0.6 is 10.7 Å². The van der Waals surface area contributed by atoms with Gasteiger partial charge in [0.05, 0.1) is 17.1 Å². The summed E-state index contributed by atoms with van der Waals surface area (Å²) < 4.78 is 28.4. The van der Waals surface area contributed by atoms with Crippen LogP contribution in [0.2, 0.25) is 0 Å². The first-order valence-corrected chi connectivity index (χ1v) is 9.33. The lowest BCUT2D eigenvalue weighted by Gasteiger charge is -2.12. The van der Waals surface area contributed by atoms with Gasteiger partial charge >= 0.3 is 5.97 Å². The molecule has 6 heteroatoms. The Balaban J connectivity index is 2.19. The van der Waals surface area contributed by atoms with Crippen molar-refractivity contribution in [3.63, 3.8) is 0 Å². The summed E-state index contributed by atoms with van der Waals surface area (Å²) in [7, 11) is 1.54. The van der Waals surface area contributed by atoms with Gasteiger partial charge in [-0.05, 0) is 55.9 Å². The number of hydrogen-bond donors (Lipinski definition) is 0. The molecule has 1 aromatic rings. The summed E-state index contributed by atoms with van der Waals surface area (Å²) in [5, 5.41) is 0. The van der Waals surface area contributed by atoms with E-state index in [1.165, 1.54) is 18.9 Å². The van der Waals surface area contributed by atoms with Crippen LogP contribution in [0.25, 0.3) is 0 Å². The highest BCUT2D eigenvalue weighted by molar-refractivity contribution is 8.13. The van der Waals surface area contributed by atoms with E-state index in [1.807, 2.05) is 0 Å². The van der Waals surface area contributed by atoms with Gasteiger partial charge in [-0.25, -0.2) is 13.2 Å². The van der Waals surface area contributed by atoms with Crippen molar-refractivity contribution in [3.05, 3.63) is 28.8 Å². The first kappa shape index (κ1) is 16.3. The van der Waals surface area contributed by atoms with Crippen molar-refractivity contribution in [2.45, 2.75) is 44.4 Å². The molecule has 1 aromatic carbocycles. The van der Waals surface area contributed by atoms with Crippen molar-refractivity contribution in [2.24, 2.45) is 5.92 Å². The number of rotatable bonds is 4. The van der Waals surface area contributed by atoms with Crippen molar-refractivity contribution in [2.75, 3.05) is 6.61 Å². The van der Waals surface area contributed by atoms with Gasteiger partial charge in [-0.3, -0.25) is 0 Å². The van der Waals surface area contributed by atoms with E-state index in [2.05, 4.69) is 0 Å². The molecule has 0 unspecified atom stereocenters. The zero-order valence-corrected chi connectivity index (χ0v) is 13.8. The Labute approximate surface area is 129 Å². The molecule has 0 bridgehead atoms. The molecule has 2 rings (SSSR count). The Morgan fingerprint density at radius 2 is 1.90 bits per heavy atom. The minimum atomic E-state index is -3.88. The van der Waals surface area contributed by atoms with Crippen LogP contribution in [0.15, 0.2) is 17.0 Å². The molecule has 21 heavy (non-hydrogen) atoms. The Hall–Kier alpha value is -1.07. The second-order valence-electron chi connectivity index (χ2n) is 5.60. The van der Waals surface area contributed by atoms with Gasteiger partial charge in [0.1, 0.15) is 0 Å². The number of carbonyl (C=O) groups excluding carboxylic acids is 1. The Morgan fingerprint density at radius 3 is 2.48 bits per heavy atom. The van der Waals surface area contributed by atoms with Crippen LogP contribution in [-0.4, -0.2) is 21.0 Å². The largest absolute Gasteiger partial charge is 0.462 e. The summed E-state index contributed by atoms with van der Waals surface area (Å²) in [4.78, 5) is 12.1. The van der Waals surface area contributed by atoms with Crippen LogP contribution in [0.5, 0.6) is 0 Å². The van der Waals surface area contributed by atoms with Crippen molar-refractivity contribution >= 4 is 25.7 Å². The molecule has 0 atom stereocenters. The highest BCUT2D eigenvalue weighted by Crippen LogP contribution is 2.27. The molecule has 0 N–H and O–H groups in total. The highest BCUT2D eigenvalue weighted by Gasteiger charge is 2.21. The lowest BCUT2D eigenvalue weighted by atomic mass is 10.1. The fraction of sp³-hybridized carbons (Fsp3) is 0.533. The second kappa shape index (κ2) is 6.36. The summed E-state index contributed by atoms with van der Waals surface area (Å²) in [6.07, 6.45) is 4.53. The summed E-state index contributed by atoms with van der Waals surface area (Å²) in [5.74, 6) is -0.0664. The Bertz CT molecular complexity index is 646. The molecule has 1 aliphatic rings. The van der Waals surface area contributed by atoms with Gasteiger partial charge < -0.3 is 4.74 Å². The minimum absolute atomic E-state index is 0.0306. The van der Waals surface area contributed by atoms with E-state index >= 15 is 0 Å². The lowest BCUT2D eigenvalue weighted by Crippen LogP contribution is -2.13. The summed E-state index contributed by atoms with van der Waals surface area (Å²) in [6, 6.07) is 2.93. The molecule has 0 heterocycles. The van der Waals surface area contributed by atoms with Gasteiger partial charge in [-0.2, -0.15) is 0 Å². The number of hydrogen-bond acceptors (Lipinski definition) is 4. The fourth-order valence-electron chi connectivity index (χ4n) is 2.65. The molecule has 116 valence electrons. The maximum absolute atomic E-state index is 12.1. The summed E-state index contributed by atoms with van der Waals surface area (Å²) >= 11 is 0. The number of aryl methyl sites for hydroxylation is 1. The maximum atomic E-state index is 12.1. The molecule has 0 aliphatic heterocycles. The fourth-order valence-corrected chi connectivity index (χ4v) is 3.93. The summed E-state index contributed by atoms with van der Waals surface area (Å²) in [6.45, 7) is 3.81. The predicted molar refractivity (Wildman–Crippen MR) is 81.2 cm³/mol. The van der Waals surface area contributed by atoms with Crippen molar-refractivity contribution in [1.82, 2.24) is 0 Å². The zero-order chi connectivity index (χ0) is 15.6. The first-order chi connectivity index (χ1) is 9.79. The maximum Gasteiger partial charge on any atom is 0.338 e. The van der Waals surface area contributed by atoms with E-state index in [-0.39, 0.29) is 10.5 Å². The lowest BCUT2D eigenvalue weighted by molar-refractivity contribution is 0.0442. The highest BCUT2D eigenvalue weighted by atomic mass is 35.7. The predicted octanol–water partition coefficient (Wildman–Crippen LogP) is 3.58. The molecule has 0 aromatic heterocycles. The molecule has 1 saturated carbocycles. The van der Waals surface area contributed by atoms with Gasteiger partial charge in [0.25, 0.3) is 9.05 Å². The second-order valence-corrected chi connectivity index (χ2v) is 8.14. The number of esters is 1. The Morgan fingerprint density at radius 1 is 1.29 bits per heavy atom. The van der Waals surface area contributed by atoms with E-state index in [1.54, 1.807) is 19.9 Å². The number of halogens is 1. The normalized spacial score (nSPS) is 16.1. The third-order valence-electron chi connectivity index (χ3n) is 4.04. The van der Waals surface area contributed by atoms with Crippen molar-refractivity contribution < 1.29 is 17.9 Å². The topological polar surface area (TPSA) is 60.4 Å². The van der Waals surface area contributed by atoms with E-state index in [4.69, 9.17) is 15.4 Å². The molecule has 0 amide bonds. The summed E-state index contributed by atoms with van der Waals surface area (Å²) in [5.41, 5.74) is 1.48. The molecule has 1 aliphatic carbocycles. The Kier molecular flexibility index (Phi) is 4.94. The number of benzene rings is 1. The van der Waals surface area contributed by atoms with Gasteiger partial charge in [-0.15, -0.1) is 0 Å². The van der Waals surface area contributed by atoms with Crippen LogP contribution in [0.4, 0.5) is 0 Å². The van der Waals surface area contributed by atoms with E-state index in [0.717, 1.165) is 12.8 Å². The number of ether oxygens (including phenoxy) is 1. The molecular formula is C15H19ClO4S. The zero-order valence-electron chi connectivity index (χ0n) is 12.2. The molecule has 0 saturated heterocycles.